The Kier molecular flexibility index (Phi) is 6.00. The van der Waals surface area contributed by atoms with Crippen molar-refractivity contribution in [1.82, 2.24) is 0 Å². The van der Waals surface area contributed by atoms with Crippen molar-refractivity contribution in [3.05, 3.63) is 63.2 Å². The number of aryl methyl sites for hydroxylation is 1. The molecule has 0 spiro atoms. The molecule has 0 fully saturated rings. The molecule has 0 atom stereocenters. The van der Waals surface area contributed by atoms with Crippen LogP contribution in [0.4, 0.5) is 5.69 Å². The van der Waals surface area contributed by atoms with Gasteiger partial charge in [-0.3, -0.25) is 4.79 Å². The molecule has 2 N–H and O–H groups in total. The standard InChI is InChI=1S/C19H18ClNO5/c1-4-26-19(25)15-10(2)9-14(18(23)24)16(11(15)3)17(22)21-13-7-5-12(20)6-8-13/h5-9H,4H2,1-3H3,(H,21,22)(H,23,24). The van der Waals surface area contributed by atoms with Gasteiger partial charge in [-0.25, -0.2) is 9.59 Å². The summed E-state index contributed by atoms with van der Waals surface area (Å²) in [5, 5.41) is 12.6. The van der Waals surface area contributed by atoms with E-state index in [1.54, 1.807) is 38.1 Å². The van der Waals surface area contributed by atoms with Gasteiger partial charge in [0.1, 0.15) is 0 Å². The molecule has 2 aromatic rings. The van der Waals surface area contributed by atoms with Crippen LogP contribution in [0.5, 0.6) is 0 Å². The summed E-state index contributed by atoms with van der Waals surface area (Å²) in [5.41, 5.74) is 1.07. The van der Waals surface area contributed by atoms with Crippen molar-refractivity contribution in [2.45, 2.75) is 20.8 Å². The smallest absolute Gasteiger partial charge is 0.338 e. The second-order valence-electron chi connectivity index (χ2n) is 5.60. The monoisotopic (exact) mass is 375 g/mol. The first kappa shape index (κ1) is 19.5. The van der Waals surface area contributed by atoms with Crippen LogP contribution in [0.1, 0.15) is 49.1 Å². The summed E-state index contributed by atoms with van der Waals surface area (Å²) in [6.45, 7) is 4.97. The van der Waals surface area contributed by atoms with Crippen LogP contribution >= 0.6 is 11.6 Å². The number of carbonyl (C=O) groups excluding carboxylic acids is 2. The molecule has 2 aromatic carbocycles. The van der Waals surface area contributed by atoms with Gasteiger partial charge in [-0.1, -0.05) is 11.6 Å². The van der Waals surface area contributed by atoms with E-state index >= 15 is 0 Å². The second kappa shape index (κ2) is 8.01. The van der Waals surface area contributed by atoms with Crippen LogP contribution in [0, 0.1) is 13.8 Å². The van der Waals surface area contributed by atoms with E-state index in [1.165, 1.54) is 13.0 Å². The lowest BCUT2D eigenvalue weighted by Gasteiger charge is -2.16. The highest BCUT2D eigenvalue weighted by molar-refractivity contribution is 6.30. The fraction of sp³-hybridized carbons (Fsp3) is 0.211. The van der Waals surface area contributed by atoms with Crippen LogP contribution in [0.15, 0.2) is 30.3 Å². The fourth-order valence-electron chi connectivity index (χ4n) is 2.69. The molecule has 0 aliphatic heterocycles. The molecule has 0 saturated carbocycles. The van der Waals surface area contributed by atoms with Crippen molar-refractivity contribution in [1.29, 1.82) is 0 Å². The van der Waals surface area contributed by atoms with Gasteiger partial charge in [0, 0.05) is 10.7 Å². The SMILES string of the molecule is CCOC(=O)c1c(C)cc(C(=O)O)c(C(=O)Nc2ccc(Cl)cc2)c1C. The van der Waals surface area contributed by atoms with Gasteiger partial charge < -0.3 is 15.2 Å². The van der Waals surface area contributed by atoms with E-state index in [0.29, 0.717) is 16.3 Å². The Morgan fingerprint density at radius 2 is 1.73 bits per heavy atom. The summed E-state index contributed by atoms with van der Waals surface area (Å²) in [7, 11) is 0. The number of aromatic carboxylic acids is 1. The number of carboxylic acids is 1. The molecule has 0 heterocycles. The topological polar surface area (TPSA) is 92.7 Å². The summed E-state index contributed by atoms with van der Waals surface area (Å²) >= 11 is 5.82. The highest BCUT2D eigenvalue weighted by Gasteiger charge is 2.26. The third-order valence-corrected chi connectivity index (χ3v) is 4.07. The molecule has 1 amide bonds. The summed E-state index contributed by atoms with van der Waals surface area (Å²) in [6, 6.07) is 7.69. The molecular formula is C19H18ClNO5. The lowest BCUT2D eigenvalue weighted by atomic mass is 9.92. The van der Waals surface area contributed by atoms with Crippen molar-refractivity contribution in [2.24, 2.45) is 0 Å². The quantitative estimate of drug-likeness (QED) is 0.768. The Bertz CT molecular complexity index is 874. The average Bonchev–Trinajstić information content (AvgIpc) is 2.56. The van der Waals surface area contributed by atoms with Crippen LogP contribution in [-0.4, -0.2) is 29.6 Å². The molecule has 0 unspecified atom stereocenters. The highest BCUT2D eigenvalue weighted by Crippen LogP contribution is 2.25. The second-order valence-corrected chi connectivity index (χ2v) is 6.04. The minimum absolute atomic E-state index is 0.0823. The van der Waals surface area contributed by atoms with E-state index in [2.05, 4.69) is 5.32 Å². The van der Waals surface area contributed by atoms with E-state index in [0.717, 1.165) is 0 Å². The lowest BCUT2D eigenvalue weighted by Crippen LogP contribution is -2.21. The van der Waals surface area contributed by atoms with Gasteiger partial charge in [-0.2, -0.15) is 0 Å². The molecule has 26 heavy (non-hydrogen) atoms. The van der Waals surface area contributed by atoms with Crippen LogP contribution in [0.3, 0.4) is 0 Å². The van der Waals surface area contributed by atoms with Crippen LogP contribution in [0.25, 0.3) is 0 Å². The lowest BCUT2D eigenvalue weighted by molar-refractivity contribution is 0.0523. The van der Waals surface area contributed by atoms with Crippen molar-refractivity contribution in [2.75, 3.05) is 11.9 Å². The van der Waals surface area contributed by atoms with Gasteiger partial charge in [0.2, 0.25) is 0 Å². The number of nitrogens with one attached hydrogen (secondary N) is 1. The molecule has 0 saturated heterocycles. The van der Waals surface area contributed by atoms with Gasteiger partial charge in [-0.15, -0.1) is 0 Å². The Balaban J connectivity index is 2.55. The number of anilines is 1. The number of carbonyl (C=O) groups is 3. The molecule has 7 heteroatoms. The summed E-state index contributed by atoms with van der Waals surface area (Å²) < 4.78 is 5.02. The molecule has 0 radical (unpaired) electrons. The van der Waals surface area contributed by atoms with Gasteiger partial charge in [0.15, 0.2) is 0 Å². The maximum absolute atomic E-state index is 12.7. The van der Waals surface area contributed by atoms with Crippen LogP contribution < -0.4 is 5.32 Å². The Hall–Kier alpha value is -2.86. The zero-order valence-corrected chi connectivity index (χ0v) is 15.3. The summed E-state index contributed by atoms with van der Waals surface area (Å²) in [4.78, 5) is 36.6. The number of carboxylic acid groups (broad SMARTS) is 1. The predicted octanol–water partition coefficient (Wildman–Crippen LogP) is 4.08. The molecule has 136 valence electrons. The number of halogens is 1. The third kappa shape index (κ3) is 4.03. The number of esters is 1. The minimum Gasteiger partial charge on any atom is -0.478 e. The zero-order chi connectivity index (χ0) is 19.4. The first-order valence-electron chi connectivity index (χ1n) is 7.87. The molecule has 0 aromatic heterocycles. The van der Waals surface area contributed by atoms with Gasteiger partial charge in [0.05, 0.1) is 23.3 Å². The van der Waals surface area contributed by atoms with Crippen molar-refractivity contribution in [3.8, 4) is 0 Å². The number of hydrogen-bond acceptors (Lipinski definition) is 4. The van der Waals surface area contributed by atoms with E-state index in [4.69, 9.17) is 16.3 Å². The first-order valence-corrected chi connectivity index (χ1v) is 8.25. The molecular weight excluding hydrogens is 358 g/mol. The van der Waals surface area contributed by atoms with Crippen LogP contribution in [-0.2, 0) is 4.74 Å². The van der Waals surface area contributed by atoms with Crippen molar-refractivity contribution < 1.29 is 24.2 Å². The van der Waals surface area contributed by atoms with E-state index in [9.17, 15) is 19.5 Å². The number of amides is 1. The van der Waals surface area contributed by atoms with E-state index < -0.39 is 17.8 Å². The van der Waals surface area contributed by atoms with E-state index in [1.807, 2.05) is 0 Å². The maximum Gasteiger partial charge on any atom is 0.338 e. The number of hydrogen-bond donors (Lipinski definition) is 2. The minimum atomic E-state index is -1.26. The molecule has 0 aliphatic rings. The summed E-state index contributed by atoms with van der Waals surface area (Å²) in [5.74, 6) is -2.49. The normalized spacial score (nSPS) is 10.3. The highest BCUT2D eigenvalue weighted by atomic mass is 35.5. The molecule has 0 bridgehead atoms. The van der Waals surface area contributed by atoms with Crippen molar-refractivity contribution >= 4 is 35.1 Å². The third-order valence-electron chi connectivity index (χ3n) is 3.81. The fourth-order valence-corrected chi connectivity index (χ4v) is 2.82. The number of benzene rings is 2. The molecule has 0 aliphatic carbocycles. The van der Waals surface area contributed by atoms with Gasteiger partial charge >= 0.3 is 11.9 Å². The average molecular weight is 376 g/mol. The summed E-state index contributed by atoms with van der Waals surface area (Å²) in [6.07, 6.45) is 0. The van der Waals surface area contributed by atoms with E-state index in [-0.39, 0.29) is 28.9 Å². The Labute approximate surface area is 155 Å². The van der Waals surface area contributed by atoms with Crippen LogP contribution in [0.2, 0.25) is 5.02 Å². The predicted molar refractivity (Wildman–Crippen MR) is 98.2 cm³/mol. The zero-order valence-electron chi connectivity index (χ0n) is 14.6. The molecule has 2 rings (SSSR count). The number of ether oxygens (including phenoxy) is 1. The first-order chi connectivity index (χ1) is 12.3. The number of rotatable bonds is 5. The Morgan fingerprint density at radius 3 is 2.27 bits per heavy atom. The van der Waals surface area contributed by atoms with Gasteiger partial charge in [0.25, 0.3) is 5.91 Å². The van der Waals surface area contributed by atoms with Crippen molar-refractivity contribution in [3.63, 3.8) is 0 Å². The van der Waals surface area contributed by atoms with Gasteiger partial charge in [-0.05, 0) is 62.2 Å². The largest absolute Gasteiger partial charge is 0.478 e. The maximum atomic E-state index is 12.7. The molecule has 6 nitrogen and oxygen atoms in total. The Morgan fingerprint density at radius 1 is 1.12 bits per heavy atom.